The van der Waals surface area contributed by atoms with Crippen LogP contribution < -0.4 is 5.32 Å². The summed E-state index contributed by atoms with van der Waals surface area (Å²) >= 11 is 3.34. The summed E-state index contributed by atoms with van der Waals surface area (Å²) in [5, 5.41) is 7.88. The second-order valence-corrected chi connectivity index (χ2v) is 4.47. The van der Waals surface area contributed by atoms with E-state index in [2.05, 4.69) is 26.3 Å². The van der Waals surface area contributed by atoms with Crippen LogP contribution in [0.2, 0.25) is 0 Å². The van der Waals surface area contributed by atoms with E-state index >= 15 is 0 Å². The van der Waals surface area contributed by atoms with Gasteiger partial charge in [0.25, 0.3) is 0 Å². The first kappa shape index (κ1) is 14.2. The van der Waals surface area contributed by atoms with Gasteiger partial charge in [-0.1, -0.05) is 15.9 Å². The Morgan fingerprint density at radius 2 is 2.41 bits per heavy atom. The van der Waals surface area contributed by atoms with Crippen LogP contribution >= 0.6 is 15.9 Å². The normalized spacial score (nSPS) is 10.5. The number of rotatable bonds is 8. The van der Waals surface area contributed by atoms with E-state index in [1.54, 1.807) is 24.2 Å². The molecule has 1 amide bonds. The van der Waals surface area contributed by atoms with Crippen molar-refractivity contribution in [1.82, 2.24) is 9.78 Å². The van der Waals surface area contributed by atoms with Gasteiger partial charge in [0.1, 0.15) is 0 Å². The molecule has 1 aromatic rings. The van der Waals surface area contributed by atoms with Crippen molar-refractivity contribution in [2.75, 3.05) is 24.4 Å². The van der Waals surface area contributed by atoms with Gasteiger partial charge in [0, 0.05) is 25.1 Å². The van der Waals surface area contributed by atoms with Crippen molar-refractivity contribution in [1.29, 1.82) is 0 Å². The van der Waals surface area contributed by atoms with E-state index in [1.807, 2.05) is 0 Å². The van der Waals surface area contributed by atoms with Crippen molar-refractivity contribution in [2.24, 2.45) is 0 Å². The van der Waals surface area contributed by atoms with Crippen LogP contribution in [0.4, 0.5) is 5.69 Å². The molecule has 0 aliphatic carbocycles. The Morgan fingerprint density at radius 1 is 1.59 bits per heavy atom. The molecule has 96 valence electrons. The van der Waals surface area contributed by atoms with Crippen molar-refractivity contribution in [3.8, 4) is 0 Å². The fourth-order valence-electron chi connectivity index (χ4n) is 1.34. The fraction of sp³-hybridized carbons (Fsp3) is 0.636. The third-order valence-corrected chi connectivity index (χ3v) is 2.79. The molecule has 0 bridgehead atoms. The highest BCUT2D eigenvalue weighted by Crippen LogP contribution is 2.07. The van der Waals surface area contributed by atoms with Crippen LogP contribution in [0.15, 0.2) is 12.4 Å². The standard InChI is InChI=1S/C11H18BrN3O2/c1-17-7-6-15-9-10(8-13-15)14-11(16)4-2-3-5-12/h8-9H,2-7H2,1H3,(H,14,16). The average Bonchev–Trinajstić information content (AvgIpc) is 2.74. The van der Waals surface area contributed by atoms with Crippen LogP contribution in [0, 0.1) is 0 Å². The fourth-order valence-corrected chi connectivity index (χ4v) is 1.74. The lowest BCUT2D eigenvalue weighted by Crippen LogP contribution is -2.10. The lowest BCUT2D eigenvalue weighted by atomic mass is 10.2. The Morgan fingerprint density at radius 3 is 3.12 bits per heavy atom. The van der Waals surface area contributed by atoms with Crippen LogP contribution in [0.25, 0.3) is 0 Å². The number of hydrogen-bond acceptors (Lipinski definition) is 3. The monoisotopic (exact) mass is 303 g/mol. The lowest BCUT2D eigenvalue weighted by Gasteiger charge is -2.01. The molecule has 0 fully saturated rings. The zero-order valence-corrected chi connectivity index (χ0v) is 11.6. The molecule has 0 aromatic carbocycles. The quantitative estimate of drug-likeness (QED) is 0.590. The van der Waals surface area contributed by atoms with Crippen molar-refractivity contribution in [2.45, 2.75) is 25.8 Å². The van der Waals surface area contributed by atoms with Crippen molar-refractivity contribution >= 4 is 27.5 Å². The first-order valence-corrected chi connectivity index (χ1v) is 6.75. The number of halogens is 1. The number of aromatic nitrogens is 2. The predicted molar refractivity (Wildman–Crippen MR) is 70.4 cm³/mol. The summed E-state index contributed by atoms with van der Waals surface area (Å²) in [5.41, 5.74) is 0.741. The molecule has 0 aliphatic heterocycles. The molecular formula is C11H18BrN3O2. The number of anilines is 1. The summed E-state index contributed by atoms with van der Waals surface area (Å²) in [5.74, 6) is 0.0391. The molecule has 1 N–H and O–H groups in total. The number of alkyl halides is 1. The number of methoxy groups -OCH3 is 1. The maximum absolute atomic E-state index is 11.5. The second-order valence-electron chi connectivity index (χ2n) is 3.68. The zero-order chi connectivity index (χ0) is 12.5. The van der Waals surface area contributed by atoms with Crippen molar-refractivity contribution in [3.05, 3.63) is 12.4 Å². The van der Waals surface area contributed by atoms with E-state index in [4.69, 9.17) is 4.74 Å². The van der Waals surface area contributed by atoms with Gasteiger partial charge in [-0.3, -0.25) is 9.48 Å². The van der Waals surface area contributed by atoms with E-state index in [0.29, 0.717) is 19.6 Å². The van der Waals surface area contributed by atoms with Gasteiger partial charge in [0.15, 0.2) is 0 Å². The number of ether oxygens (including phenoxy) is 1. The first-order valence-electron chi connectivity index (χ1n) is 5.63. The maximum atomic E-state index is 11.5. The van der Waals surface area contributed by atoms with Crippen LogP contribution in [0.5, 0.6) is 0 Å². The van der Waals surface area contributed by atoms with E-state index in [1.165, 1.54) is 0 Å². The Bertz CT molecular complexity index is 341. The highest BCUT2D eigenvalue weighted by atomic mass is 79.9. The molecule has 6 heteroatoms. The number of carbonyl (C=O) groups is 1. The number of unbranched alkanes of at least 4 members (excludes halogenated alkanes) is 1. The molecule has 0 spiro atoms. The molecular weight excluding hydrogens is 286 g/mol. The van der Waals surface area contributed by atoms with Gasteiger partial charge in [-0.25, -0.2) is 0 Å². The van der Waals surface area contributed by atoms with E-state index in [9.17, 15) is 4.79 Å². The smallest absolute Gasteiger partial charge is 0.224 e. The third kappa shape index (κ3) is 5.83. The number of amides is 1. The molecule has 0 saturated heterocycles. The van der Waals surface area contributed by atoms with Gasteiger partial charge in [-0.15, -0.1) is 0 Å². The summed E-state index contributed by atoms with van der Waals surface area (Å²) in [4.78, 5) is 11.5. The Hall–Kier alpha value is -0.880. The Kier molecular flexibility index (Phi) is 6.88. The Labute approximate surface area is 110 Å². The van der Waals surface area contributed by atoms with Gasteiger partial charge >= 0.3 is 0 Å². The molecule has 0 saturated carbocycles. The number of carbonyl (C=O) groups excluding carboxylic acids is 1. The predicted octanol–water partition coefficient (Wildman–Crippen LogP) is 2.03. The minimum absolute atomic E-state index is 0.0391. The summed E-state index contributed by atoms with van der Waals surface area (Å²) in [7, 11) is 1.65. The first-order chi connectivity index (χ1) is 8.26. The topological polar surface area (TPSA) is 56.1 Å². The number of nitrogens with one attached hydrogen (secondary N) is 1. The number of hydrogen-bond donors (Lipinski definition) is 1. The van der Waals surface area contributed by atoms with Crippen molar-refractivity contribution < 1.29 is 9.53 Å². The molecule has 17 heavy (non-hydrogen) atoms. The summed E-state index contributed by atoms with van der Waals surface area (Å²) in [6.45, 7) is 1.30. The zero-order valence-electron chi connectivity index (χ0n) is 9.99. The summed E-state index contributed by atoms with van der Waals surface area (Å²) < 4.78 is 6.70. The summed E-state index contributed by atoms with van der Waals surface area (Å²) in [6, 6.07) is 0. The molecule has 1 aromatic heterocycles. The van der Waals surface area contributed by atoms with Gasteiger partial charge in [-0.05, 0) is 12.8 Å². The largest absolute Gasteiger partial charge is 0.383 e. The highest BCUT2D eigenvalue weighted by molar-refractivity contribution is 9.09. The molecule has 0 unspecified atom stereocenters. The SMILES string of the molecule is COCCn1cc(NC(=O)CCCCBr)cn1. The third-order valence-electron chi connectivity index (χ3n) is 2.23. The number of nitrogens with zero attached hydrogens (tertiary/aromatic N) is 2. The van der Waals surface area contributed by atoms with Crippen LogP contribution in [-0.2, 0) is 16.1 Å². The molecule has 0 aliphatic rings. The molecule has 0 atom stereocenters. The summed E-state index contributed by atoms with van der Waals surface area (Å²) in [6.07, 6.45) is 5.92. The minimum atomic E-state index is 0.0391. The van der Waals surface area contributed by atoms with E-state index in [0.717, 1.165) is 23.9 Å². The van der Waals surface area contributed by atoms with E-state index in [-0.39, 0.29) is 5.91 Å². The Balaban J connectivity index is 2.30. The molecule has 0 radical (unpaired) electrons. The average molecular weight is 304 g/mol. The lowest BCUT2D eigenvalue weighted by molar-refractivity contribution is -0.116. The maximum Gasteiger partial charge on any atom is 0.224 e. The molecule has 5 nitrogen and oxygen atoms in total. The molecule has 1 rings (SSSR count). The molecule has 1 heterocycles. The van der Waals surface area contributed by atoms with E-state index < -0.39 is 0 Å². The van der Waals surface area contributed by atoms with Gasteiger partial charge in [0.05, 0.1) is 25.0 Å². The minimum Gasteiger partial charge on any atom is -0.383 e. The van der Waals surface area contributed by atoms with Crippen LogP contribution in [0.3, 0.4) is 0 Å². The van der Waals surface area contributed by atoms with Crippen LogP contribution in [-0.4, -0.2) is 34.7 Å². The second kappa shape index (κ2) is 8.25. The van der Waals surface area contributed by atoms with Gasteiger partial charge < -0.3 is 10.1 Å². The van der Waals surface area contributed by atoms with Gasteiger partial charge in [0.2, 0.25) is 5.91 Å². The van der Waals surface area contributed by atoms with Gasteiger partial charge in [-0.2, -0.15) is 5.10 Å². The highest BCUT2D eigenvalue weighted by Gasteiger charge is 2.04. The van der Waals surface area contributed by atoms with Crippen LogP contribution in [0.1, 0.15) is 19.3 Å². The van der Waals surface area contributed by atoms with Crippen molar-refractivity contribution in [3.63, 3.8) is 0 Å².